The van der Waals surface area contributed by atoms with Crippen LogP contribution in [-0.2, 0) is 14.8 Å². The third-order valence-corrected chi connectivity index (χ3v) is 6.44. The van der Waals surface area contributed by atoms with Gasteiger partial charge in [-0.3, -0.25) is 4.79 Å². The van der Waals surface area contributed by atoms with Crippen LogP contribution in [0.3, 0.4) is 0 Å². The van der Waals surface area contributed by atoms with Crippen molar-refractivity contribution in [3.8, 4) is 5.69 Å². The normalized spacial score (nSPS) is 11.6. The first-order valence-electron chi connectivity index (χ1n) is 9.51. The molecule has 0 aliphatic rings. The first-order chi connectivity index (χ1) is 14.7. The molecule has 3 rings (SSSR count). The number of benzene rings is 2. The molecule has 0 radical (unpaired) electrons. The molecule has 0 aliphatic carbocycles. The Morgan fingerprint density at radius 1 is 1.06 bits per heavy atom. The lowest BCUT2D eigenvalue weighted by Gasteiger charge is -2.17. The van der Waals surface area contributed by atoms with Crippen LogP contribution < -0.4 is 5.32 Å². The number of hydrogen-bond acceptors (Lipinski definition) is 4. The molecular weight excluding hydrogens is 426 g/mol. The molecule has 0 aliphatic heterocycles. The van der Waals surface area contributed by atoms with Gasteiger partial charge in [-0.25, -0.2) is 26.2 Å². The van der Waals surface area contributed by atoms with Crippen molar-refractivity contribution < 1.29 is 22.0 Å². The second-order valence-corrected chi connectivity index (χ2v) is 9.04. The molecule has 0 saturated heterocycles. The summed E-state index contributed by atoms with van der Waals surface area (Å²) >= 11 is 0. The predicted molar refractivity (Wildman–Crippen MR) is 112 cm³/mol. The lowest BCUT2D eigenvalue weighted by molar-refractivity contribution is -0.116. The maximum Gasteiger partial charge on any atom is 0.242 e. The van der Waals surface area contributed by atoms with Crippen molar-refractivity contribution in [1.29, 1.82) is 0 Å². The summed E-state index contributed by atoms with van der Waals surface area (Å²) in [5, 5.41) is 7.06. The average Bonchev–Trinajstić information content (AvgIpc) is 3.08. The van der Waals surface area contributed by atoms with Gasteiger partial charge in [-0.1, -0.05) is 0 Å². The van der Waals surface area contributed by atoms with Gasteiger partial charge in [-0.05, 0) is 61.9 Å². The van der Waals surface area contributed by atoms with Gasteiger partial charge in [0.2, 0.25) is 15.9 Å². The van der Waals surface area contributed by atoms with E-state index in [0.29, 0.717) is 17.2 Å². The van der Waals surface area contributed by atoms with Gasteiger partial charge < -0.3 is 5.32 Å². The van der Waals surface area contributed by atoms with Crippen LogP contribution in [0.4, 0.5) is 14.6 Å². The summed E-state index contributed by atoms with van der Waals surface area (Å²) in [5.74, 6) is -0.774. The molecule has 0 bridgehead atoms. The lowest BCUT2D eigenvalue weighted by Crippen LogP contribution is -2.28. The van der Waals surface area contributed by atoms with Crippen LogP contribution in [0, 0.1) is 18.6 Å². The van der Waals surface area contributed by atoms with Gasteiger partial charge in [0.15, 0.2) is 0 Å². The van der Waals surface area contributed by atoms with E-state index >= 15 is 0 Å². The van der Waals surface area contributed by atoms with E-state index in [1.807, 2.05) is 0 Å². The molecule has 1 heterocycles. The topological polar surface area (TPSA) is 84.3 Å². The van der Waals surface area contributed by atoms with Crippen molar-refractivity contribution in [3.63, 3.8) is 0 Å². The number of nitrogens with zero attached hydrogens (tertiary/aromatic N) is 3. The Morgan fingerprint density at radius 2 is 1.65 bits per heavy atom. The van der Waals surface area contributed by atoms with Crippen molar-refractivity contribution in [3.05, 3.63) is 71.9 Å². The van der Waals surface area contributed by atoms with Gasteiger partial charge >= 0.3 is 0 Å². The molecule has 1 aromatic heterocycles. The molecule has 31 heavy (non-hydrogen) atoms. The number of amides is 1. The van der Waals surface area contributed by atoms with E-state index in [9.17, 15) is 22.0 Å². The third-order valence-electron chi connectivity index (χ3n) is 4.57. The monoisotopic (exact) mass is 448 g/mol. The molecule has 0 spiro atoms. The number of sulfonamides is 1. The number of carbonyl (C=O) groups excluding carboxylic acids is 1. The molecule has 0 saturated carbocycles. The van der Waals surface area contributed by atoms with Gasteiger partial charge in [-0.15, -0.1) is 0 Å². The molecule has 0 atom stereocenters. The number of nitrogens with one attached hydrogen (secondary N) is 1. The highest BCUT2D eigenvalue weighted by Crippen LogP contribution is 2.19. The highest BCUT2D eigenvalue weighted by molar-refractivity contribution is 7.89. The largest absolute Gasteiger partial charge is 0.311 e. The summed E-state index contributed by atoms with van der Waals surface area (Å²) in [4.78, 5) is 12.4. The Labute approximate surface area is 179 Å². The van der Waals surface area contributed by atoms with Crippen LogP contribution in [0.2, 0.25) is 0 Å². The number of aromatic nitrogens is 2. The van der Waals surface area contributed by atoms with E-state index < -0.39 is 15.8 Å². The summed E-state index contributed by atoms with van der Waals surface area (Å²) in [6, 6.07) is 12.0. The average molecular weight is 448 g/mol. The van der Waals surface area contributed by atoms with E-state index in [1.54, 1.807) is 25.1 Å². The fraction of sp³-hybridized carbons (Fsp3) is 0.238. The van der Waals surface area contributed by atoms with E-state index in [0.717, 1.165) is 16.4 Å². The smallest absolute Gasteiger partial charge is 0.242 e. The number of rotatable bonds is 8. The van der Waals surface area contributed by atoms with Crippen LogP contribution in [0.5, 0.6) is 0 Å². The van der Waals surface area contributed by atoms with Gasteiger partial charge in [0.25, 0.3) is 0 Å². The molecule has 1 amide bonds. The number of aryl methyl sites for hydroxylation is 1. The molecule has 0 unspecified atom stereocenters. The van der Waals surface area contributed by atoms with Crippen molar-refractivity contribution in [1.82, 2.24) is 14.1 Å². The SMILES string of the molecule is Cc1cc(NC(=O)CCCN(C)S(=O)(=O)c2ccc(F)cc2)n(-c2ccc(F)cc2)n1. The van der Waals surface area contributed by atoms with Crippen molar-refractivity contribution in [2.45, 2.75) is 24.7 Å². The molecule has 10 heteroatoms. The number of hydrogen-bond donors (Lipinski definition) is 1. The summed E-state index contributed by atoms with van der Waals surface area (Å²) in [7, 11) is -2.36. The fourth-order valence-electron chi connectivity index (χ4n) is 2.94. The zero-order valence-corrected chi connectivity index (χ0v) is 17.9. The van der Waals surface area contributed by atoms with Gasteiger partial charge in [0.05, 0.1) is 16.3 Å². The highest BCUT2D eigenvalue weighted by Gasteiger charge is 2.20. The minimum atomic E-state index is -3.77. The Morgan fingerprint density at radius 3 is 2.26 bits per heavy atom. The summed E-state index contributed by atoms with van der Waals surface area (Å²) in [6.07, 6.45) is 0.364. The van der Waals surface area contributed by atoms with Gasteiger partial charge in [0, 0.05) is 26.1 Å². The zero-order chi connectivity index (χ0) is 22.6. The molecule has 2 aromatic carbocycles. The first kappa shape index (κ1) is 22.6. The summed E-state index contributed by atoms with van der Waals surface area (Å²) in [6.45, 7) is 1.88. The minimum Gasteiger partial charge on any atom is -0.311 e. The molecule has 1 N–H and O–H groups in total. The van der Waals surface area contributed by atoms with Crippen LogP contribution in [-0.4, -0.2) is 42.0 Å². The van der Waals surface area contributed by atoms with Crippen molar-refractivity contribution >= 4 is 21.7 Å². The molecule has 164 valence electrons. The third kappa shape index (κ3) is 5.53. The second-order valence-electron chi connectivity index (χ2n) is 6.99. The Balaban J connectivity index is 1.58. The fourth-order valence-corrected chi connectivity index (χ4v) is 4.15. The summed E-state index contributed by atoms with van der Waals surface area (Å²) in [5.41, 5.74) is 1.26. The van der Waals surface area contributed by atoms with Gasteiger partial charge in [-0.2, -0.15) is 5.10 Å². The van der Waals surface area contributed by atoms with Crippen LogP contribution >= 0.6 is 0 Å². The highest BCUT2D eigenvalue weighted by atomic mass is 32.2. The van der Waals surface area contributed by atoms with Crippen LogP contribution in [0.25, 0.3) is 5.69 Å². The Hall–Kier alpha value is -3.11. The van der Waals surface area contributed by atoms with E-state index in [4.69, 9.17) is 0 Å². The van der Waals surface area contributed by atoms with Crippen LogP contribution in [0.15, 0.2) is 59.5 Å². The van der Waals surface area contributed by atoms with E-state index in [2.05, 4.69) is 10.4 Å². The quantitative estimate of drug-likeness (QED) is 0.572. The second kappa shape index (κ2) is 9.36. The predicted octanol–water partition coefficient (Wildman–Crippen LogP) is 3.50. The Kier molecular flexibility index (Phi) is 6.81. The molecular formula is C21H22F2N4O3S. The summed E-state index contributed by atoms with van der Waals surface area (Å²) < 4.78 is 53.8. The Bertz CT molecular complexity index is 1160. The van der Waals surface area contributed by atoms with E-state index in [1.165, 1.54) is 36.0 Å². The van der Waals surface area contributed by atoms with Crippen LogP contribution in [0.1, 0.15) is 18.5 Å². The number of carbonyl (C=O) groups is 1. The van der Waals surface area contributed by atoms with Crippen molar-refractivity contribution in [2.24, 2.45) is 0 Å². The first-order valence-corrected chi connectivity index (χ1v) is 11.0. The van der Waals surface area contributed by atoms with Gasteiger partial charge in [0.1, 0.15) is 17.5 Å². The minimum absolute atomic E-state index is 0.0143. The van der Waals surface area contributed by atoms with E-state index in [-0.39, 0.29) is 36.0 Å². The maximum atomic E-state index is 13.2. The zero-order valence-electron chi connectivity index (χ0n) is 17.0. The number of halogens is 2. The molecule has 3 aromatic rings. The van der Waals surface area contributed by atoms with Crippen molar-refractivity contribution in [2.75, 3.05) is 18.9 Å². The number of anilines is 1. The lowest BCUT2D eigenvalue weighted by atomic mass is 10.3. The standard InChI is InChI=1S/C21H22F2N4O3S/c1-15-14-20(27(25-15)18-9-5-16(22)6-10-18)24-21(28)4-3-13-26(2)31(29,30)19-11-7-17(23)8-12-19/h5-12,14H,3-4,13H2,1-2H3,(H,24,28). The maximum absolute atomic E-state index is 13.2. The molecule has 7 nitrogen and oxygen atoms in total. The molecule has 0 fully saturated rings.